The number of ether oxygens (including phenoxy) is 2. The number of methoxy groups -OCH3 is 1. The van der Waals surface area contributed by atoms with Gasteiger partial charge < -0.3 is 24.3 Å². The van der Waals surface area contributed by atoms with Crippen molar-refractivity contribution in [2.75, 3.05) is 13.7 Å². The van der Waals surface area contributed by atoms with Crippen LogP contribution >= 0.6 is 0 Å². The Hall–Kier alpha value is -3.56. The molecule has 10 heteroatoms. The van der Waals surface area contributed by atoms with Crippen molar-refractivity contribution in [2.24, 2.45) is 0 Å². The molecule has 0 aliphatic carbocycles. The summed E-state index contributed by atoms with van der Waals surface area (Å²) >= 11 is 0. The lowest BCUT2D eigenvalue weighted by molar-refractivity contribution is -0.385. The van der Waals surface area contributed by atoms with Gasteiger partial charge in [-0.3, -0.25) is 14.9 Å². The fourth-order valence-corrected chi connectivity index (χ4v) is 2.16. The Kier molecular flexibility index (Phi) is 5.78. The first-order valence-electron chi connectivity index (χ1n) is 7.46. The predicted octanol–water partition coefficient (Wildman–Crippen LogP) is 2.22. The summed E-state index contributed by atoms with van der Waals surface area (Å²) in [5.74, 6) is -1.75. The van der Waals surface area contributed by atoms with E-state index in [0.29, 0.717) is 0 Å². The number of carboxylic acids is 1. The summed E-state index contributed by atoms with van der Waals surface area (Å²) < 4.78 is 15.4. The molecule has 1 heterocycles. The van der Waals surface area contributed by atoms with E-state index in [0.717, 1.165) is 6.07 Å². The quantitative estimate of drug-likeness (QED) is 0.536. The zero-order valence-electron chi connectivity index (χ0n) is 14.0. The molecule has 138 valence electrons. The molecule has 0 saturated carbocycles. The lowest BCUT2D eigenvalue weighted by atomic mass is 10.1. The van der Waals surface area contributed by atoms with Gasteiger partial charge in [-0.2, -0.15) is 0 Å². The van der Waals surface area contributed by atoms with Crippen LogP contribution in [0.2, 0.25) is 0 Å². The monoisotopic (exact) mass is 364 g/mol. The number of carbonyl (C=O) groups excluding carboxylic acids is 1. The zero-order valence-corrected chi connectivity index (χ0v) is 14.0. The summed E-state index contributed by atoms with van der Waals surface area (Å²) in [4.78, 5) is 33.7. The van der Waals surface area contributed by atoms with Gasteiger partial charge in [-0.25, -0.2) is 4.79 Å². The summed E-state index contributed by atoms with van der Waals surface area (Å²) in [6.07, 6.45) is 0. The standard InChI is InChI=1S/C16H16N2O8/c1-3-25-14-7-11(18(22)23)10(6-13(14)24-2)15(19)17-8-9-4-5-12(26-9)16(20)21/h4-7H,3,8H2,1-2H3,(H,17,19)(H,20,21). The van der Waals surface area contributed by atoms with E-state index >= 15 is 0 Å². The van der Waals surface area contributed by atoms with E-state index in [9.17, 15) is 19.7 Å². The number of nitrogens with zero attached hydrogens (tertiary/aromatic N) is 1. The number of hydrogen-bond acceptors (Lipinski definition) is 7. The van der Waals surface area contributed by atoms with Gasteiger partial charge in [0.25, 0.3) is 11.6 Å². The maximum atomic E-state index is 12.4. The van der Waals surface area contributed by atoms with E-state index in [-0.39, 0.29) is 41.7 Å². The van der Waals surface area contributed by atoms with Crippen molar-refractivity contribution in [1.82, 2.24) is 5.32 Å². The second-order valence-electron chi connectivity index (χ2n) is 4.96. The van der Waals surface area contributed by atoms with Crippen LogP contribution in [-0.4, -0.2) is 35.6 Å². The number of nitro benzene ring substituents is 1. The Labute approximate surface area is 147 Å². The first kappa shape index (κ1) is 18.8. The second kappa shape index (κ2) is 8.01. The maximum absolute atomic E-state index is 12.4. The van der Waals surface area contributed by atoms with Crippen LogP contribution in [0.4, 0.5) is 5.69 Å². The molecule has 0 radical (unpaired) electrons. The molecule has 2 aromatic rings. The SMILES string of the molecule is CCOc1cc([N+](=O)[O-])c(C(=O)NCc2ccc(C(=O)O)o2)cc1OC. The van der Waals surface area contributed by atoms with Crippen molar-refractivity contribution in [3.8, 4) is 11.5 Å². The molecule has 0 aliphatic heterocycles. The minimum absolute atomic E-state index is 0.140. The summed E-state index contributed by atoms with van der Waals surface area (Å²) in [5, 5.41) is 22.5. The number of hydrogen-bond donors (Lipinski definition) is 2. The van der Waals surface area contributed by atoms with Crippen molar-refractivity contribution >= 4 is 17.6 Å². The van der Waals surface area contributed by atoms with Crippen molar-refractivity contribution in [3.05, 3.63) is 51.5 Å². The average molecular weight is 364 g/mol. The summed E-state index contributed by atoms with van der Waals surface area (Å²) in [6, 6.07) is 4.96. The van der Waals surface area contributed by atoms with E-state index in [4.69, 9.17) is 19.0 Å². The van der Waals surface area contributed by atoms with Gasteiger partial charge in [0.15, 0.2) is 11.5 Å². The molecular weight excluding hydrogens is 348 g/mol. The van der Waals surface area contributed by atoms with Gasteiger partial charge in [0.1, 0.15) is 11.3 Å². The van der Waals surface area contributed by atoms with Crippen LogP contribution in [0.1, 0.15) is 33.6 Å². The average Bonchev–Trinajstić information content (AvgIpc) is 3.08. The van der Waals surface area contributed by atoms with E-state index in [1.165, 1.54) is 25.3 Å². The lowest BCUT2D eigenvalue weighted by Gasteiger charge is -2.11. The number of aromatic carboxylic acids is 1. The van der Waals surface area contributed by atoms with E-state index in [1.807, 2.05) is 0 Å². The highest BCUT2D eigenvalue weighted by Gasteiger charge is 2.25. The summed E-state index contributed by atoms with van der Waals surface area (Å²) in [6.45, 7) is 1.84. The molecule has 0 spiro atoms. The Bertz CT molecular complexity index is 843. The highest BCUT2D eigenvalue weighted by atomic mass is 16.6. The van der Waals surface area contributed by atoms with Crippen LogP contribution < -0.4 is 14.8 Å². The normalized spacial score (nSPS) is 10.2. The highest BCUT2D eigenvalue weighted by molar-refractivity contribution is 5.99. The van der Waals surface area contributed by atoms with Crippen LogP contribution in [0.5, 0.6) is 11.5 Å². The number of amides is 1. The number of rotatable bonds is 8. The smallest absolute Gasteiger partial charge is 0.371 e. The number of nitro groups is 1. The van der Waals surface area contributed by atoms with Crippen molar-refractivity contribution in [3.63, 3.8) is 0 Å². The second-order valence-corrected chi connectivity index (χ2v) is 4.96. The minimum atomic E-state index is -1.24. The van der Waals surface area contributed by atoms with Gasteiger partial charge >= 0.3 is 5.97 Å². The van der Waals surface area contributed by atoms with Crippen molar-refractivity contribution < 1.29 is 33.5 Å². The minimum Gasteiger partial charge on any atom is -0.493 e. The zero-order chi connectivity index (χ0) is 19.3. The number of furan rings is 1. The third-order valence-corrected chi connectivity index (χ3v) is 3.32. The molecule has 2 rings (SSSR count). The Balaban J connectivity index is 2.25. The first-order valence-corrected chi connectivity index (χ1v) is 7.46. The number of benzene rings is 1. The Morgan fingerprint density at radius 2 is 2.04 bits per heavy atom. The summed E-state index contributed by atoms with van der Waals surface area (Å²) in [7, 11) is 1.35. The van der Waals surface area contributed by atoms with Crippen LogP contribution in [0.25, 0.3) is 0 Å². The third-order valence-electron chi connectivity index (χ3n) is 3.32. The molecule has 10 nitrogen and oxygen atoms in total. The van der Waals surface area contributed by atoms with Gasteiger partial charge in [0.2, 0.25) is 5.76 Å². The topological polar surface area (TPSA) is 141 Å². The maximum Gasteiger partial charge on any atom is 0.371 e. The van der Waals surface area contributed by atoms with Crippen LogP contribution in [-0.2, 0) is 6.54 Å². The molecule has 0 unspecified atom stereocenters. The molecule has 1 aromatic carbocycles. The largest absolute Gasteiger partial charge is 0.493 e. The molecule has 0 aliphatic rings. The highest BCUT2D eigenvalue weighted by Crippen LogP contribution is 2.34. The van der Waals surface area contributed by atoms with Crippen LogP contribution in [0.15, 0.2) is 28.7 Å². The Morgan fingerprint density at radius 3 is 2.58 bits per heavy atom. The predicted molar refractivity (Wildman–Crippen MR) is 87.7 cm³/mol. The van der Waals surface area contributed by atoms with Crippen molar-refractivity contribution in [2.45, 2.75) is 13.5 Å². The lowest BCUT2D eigenvalue weighted by Crippen LogP contribution is -2.23. The molecule has 1 amide bonds. The van der Waals surface area contributed by atoms with Gasteiger partial charge in [0, 0.05) is 6.07 Å². The molecule has 0 saturated heterocycles. The number of nitrogens with one attached hydrogen (secondary N) is 1. The van der Waals surface area contributed by atoms with E-state index < -0.39 is 22.5 Å². The van der Waals surface area contributed by atoms with E-state index in [2.05, 4.69) is 5.32 Å². The van der Waals surface area contributed by atoms with E-state index in [1.54, 1.807) is 6.92 Å². The summed E-state index contributed by atoms with van der Waals surface area (Å²) in [5.41, 5.74) is -0.669. The first-order chi connectivity index (χ1) is 12.4. The van der Waals surface area contributed by atoms with Crippen LogP contribution in [0.3, 0.4) is 0 Å². The third kappa shape index (κ3) is 4.09. The molecule has 0 atom stereocenters. The molecule has 1 aromatic heterocycles. The van der Waals surface area contributed by atoms with Gasteiger partial charge in [-0.15, -0.1) is 0 Å². The van der Waals surface area contributed by atoms with Gasteiger partial charge in [-0.1, -0.05) is 0 Å². The molecular formula is C16H16N2O8. The van der Waals surface area contributed by atoms with Gasteiger partial charge in [0.05, 0.1) is 31.3 Å². The van der Waals surface area contributed by atoms with Crippen molar-refractivity contribution in [1.29, 1.82) is 0 Å². The number of carboxylic acid groups (broad SMARTS) is 1. The molecule has 0 bridgehead atoms. The molecule has 2 N–H and O–H groups in total. The Morgan fingerprint density at radius 1 is 1.31 bits per heavy atom. The fraction of sp³-hybridized carbons (Fsp3) is 0.250. The van der Waals surface area contributed by atoms with Crippen LogP contribution in [0, 0.1) is 10.1 Å². The number of carbonyl (C=O) groups is 2. The van der Waals surface area contributed by atoms with Gasteiger partial charge in [-0.05, 0) is 19.1 Å². The molecule has 0 fully saturated rings. The molecule has 26 heavy (non-hydrogen) atoms. The fourth-order valence-electron chi connectivity index (χ4n) is 2.16.